The molecule has 0 spiro atoms. The number of carbonyl (C=O) groups is 1. The van der Waals surface area contributed by atoms with Crippen molar-refractivity contribution in [3.8, 4) is 22.9 Å². The molecular weight excluding hydrogens is 350 g/mol. The fraction of sp³-hybridized carbons (Fsp3) is 0.348. The van der Waals surface area contributed by atoms with Crippen LogP contribution in [0.2, 0.25) is 0 Å². The number of hydrogen-bond acceptors (Lipinski definition) is 4. The molecule has 146 valence electrons. The van der Waals surface area contributed by atoms with Crippen molar-refractivity contribution in [2.75, 3.05) is 5.32 Å². The van der Waals surface area contributed by atoms with Crippen molar-refractivity contribution in [2.24, 2.45) is 5.92 Å². The minimum absolute atomic E-state index is 0.0113. The molecule has 1 amide bonds. The largest absolute Gasteiger partial charge is 0.416 e. The van der Waals surface area contributed by atoms with Crippen molar-refractivity contribution in [2.45, 2.75) is 46.5 Å². The van der Waals surface area contributed by atoms with Crippen LogP contribution < -0.4 is 5.32 Å². The van der Waals surface area contributed by atoms with Gasteiger partial charge in [0.25, 0.3) is 0 Å². The van der Waals surface area contributed by atoms with Crippen molar-refractivity contribution in [3.63, 3.8) is 0 Å². The molecular formula is C23H27N3O2. The lowest BCUT2D eigenvalue weighted by Gasteiger charge is -2.18. The summed E-state index contributed by atoms with van der Waals surface area (Å²) >= 11 is 0. The predicted octanol–water partition coefficient (Wildman–Crippen LogP) is 5.69. The molecule has 0 aliphatic heterocycles. The smallest absolute Gasteiger partial charge is 0.248 e. The number of nitrogens with zero attached hydrogens (tertiary/aromatic N) is 2. The molecule has 0 radical (unpaired) electrons. The molecule has 1 atom stereocenters. The normalized spacial score (nSPS) is 12.6. The second-order valence-corrected chi connectivity index (χ2v) is 8.12. The van der Waals surface area contributed by atoms with Crippen LogP contribution in [0.4, 0.5) is 5.69 Å². The number of carbonyl (C=O) groups excluding carboxylic acids is 1. The zero-order valence-electron chi connectivity index (χ0n) is 17.1. The van der Waals surface area contributed by atoms with Gasteiger partial charge in [-0.05, 0) is 53.8 Å². The van der Waals surface area contributed by atoms with E-state index < -0.39 is 0 Å². The monoisotopic (exact) mass is 377 g/mol. The van der Waals surface area contributed by atoms with Crippen molar-refractivity contribution in [3.05, 3.63) is 54.1 Å². The Balaban J connectivity index is 1.74. The molecule has 0 saturated carbocycles. The van der Waals surface area contributed by atoms with E-state index in [2.05, 4.69) is 48.4 Å². The van der Waals surface area contributed by atoms with Crippen molar-refractivity contribution in [1.29, 1.82) is 0 Å². The van der Waals surface area contributed by atoms with Crippen LogP contribution in [0.15, 0.2) is 52.9 Å². The van der Waals surface area contributed by atoms with Gasteiger partial charge in [-0.1, -0.05) is 46.8 Å². The molecule has 0 aliphatic rings. The van der Waals surface area contributed by atoms with E-state index in [1.54, 1.807) is 0 Å². The van der Waals surface area contributed by atoms with Crippen molar-refractivity contribution < 1.29 is 9.21 Å². The first-order chi connectivity index (χ1) is 13.3. The highest BCUT2D eigenvalue weighted by atomic mass is 16.4. The van der Waals surface area contributed by atoms with Crippen LogP contribution in [0.3, 0.4) is 0 Å². The predicted molar refractivity (Wildman–Crippen MR) is 112 cm³/mol. The topological polar surface area (TPSA) is 68.0 Å². The van der Waals surface area contributed by atoms with Gasteiger partial charge in [0.2, 0.25) is 17.7 Å². The van der Waals surface area contributed by atoms with Gasteiger partial charge < -0.3 is 9.73 Å². The lowest BCUT2D eigenvalue weighted by atomic mass is 9.87. The maximum Gasteiger partial charge on any atom is 0.248 e. The SMILES string of the molecule is CCC(C)C(=O)Nc1ccc(-c2nnc(-c3ccc(C(C)(C)C)cc3)o2)cc1. The van der Waals surface area contributed by atoms with Crippen LogP contribution in [0.5, 0.6) is 0 Å². The van der Waals surface area contributed by atoms with Gasteiger partial charge >= 0.3 is 0 Å². The maximum absolute atomic E-state index is 12.0. The highest BCUT2D eigenvalue weighted by Gasteiger charge is 2.15. The molecule has 0 bridgehead atoms. The number of benzene rings is 2. The zero-order valence-corrected chi connectivity index (χ0v) is 17.1. The van der Waals surface area contributed by atoms with E-state index in [1.807, 2.05) is 50.2 Å². The number of aromatic nitrogens is 2. The molecule has 1 aromatic heterocycles. The summed E-state index contributed by atoms with van der Waals surface area (Å²) in [5.74, 6) is 0.955. The van der Waals surface area contributed by atoms with Gasteiger partial charge in [0.15, 0.2) is 0 Å². The van der Waals surface area contributed by atoms with Crippen molar-refractivity contribution >= 4 is 11.6 Å². The van der Waals surface area contributed by atoms with Gasteiger partial charge in [0, 0.05) is 22.7 Å². The minimum Gasteiger partial charge on any atom is -0.416 e. The summed E-state index contributed by atoms with van der Waals surface area (Å²) < 4.78 is 5.85. The quantitative estimate of drug-likeness (QED) is 0.620. The van der Waals surface area contributed by atoms with Crippen LogP contribution in [0.1, 0.15) is 46.6 Å². The third-order valence-corrected chi connectivity index (χ3v) is 4.88. The molecule has 2 aromatic carbocycles. The van der Waals surface area contributed by atoms with Gasteiger partial charge in [-0.25, -0.2) is 0 Å². The zero-order chi connectivity index (χ0) is 20.3. The molecule has 0 aliphatic carbocycles. The molecule has 5 heteroatoms. The average molecular weight is 377 g/mol. The first-order valence-corrected chi connectivity index (χ1v) is 9.63. The van der Waals surface area contributed by atoms with Gasteiger partial charge in [0.05, 0.1) is 0 Å². The van der Waals surface area contributed by atoms with E-state index in [0.717, 1.165) is 23.2 Å². The van der Waals surface area contributed by atoms with E-state index in [0.29, 0.717) is 11.8 Å². The third-order valence-electron chi connectivity index (χ3n) is 4.88. The average Bonchev–Trinajstić information content (AvgIpc) is 3.17. The Kier molecular flexibility index (Phi) is 5.63. The van der Waals surface area contributed by atoms with Crippen LogP contribution >= 0.6 is 0 Å². The molecule has 3 aromatic rings. The van der Waals surface area contributed by atoms with Crippen LogP contribution in [0.25, 0.3) is 22.9 Å². The lowest BCUT2D eigenvalue weighted by molar-refractivity contribution is -0.119. The van der Waals surface area contributed by atoms with Gasteiger partial charge in [-0.3, -0.25) is 4.79 Å². The molecule has 1 heterocycles. The molecule has 28 heavy (non-hydrogen) atoms. The molecule has 0 saturated heterocycles. The summed E-state index contributed by atoms with van der Waals surface area (Å²) in [4.78, 5) is 12.0. The second kappa shape index (κ2) is 7.97. The molecule has 5 nitrogen and oxygen atoms in total. The number of amides is 1. The summed E-state index contributed by atoms with van der Waals surface area (Å²) in [5.41, 5.74) is 3.82. The van der Waals surface area contributed by atoms with Crippen LogP contribution in [0, 0.1) is 5.92 Å². The summed E-state index contributed by atoms with van der Waals surface area (Å²) in [6.45, 7) is 10.5. The van der Waals surface area contributed by atoms with E-state index >= 15 is 0 Å². The Morgan fingerprint density at radius 1 is 0.964 bits per heavy atom. The van der Waals surface area contributed by atoms with Crippen LogP contribution in [-0.2, 0) is 10.2 Å². The number of rotatable bonds is 5. The van der Waals surface area contributed by atoms with E-state index in [1.165, 1.54) is 5.56 Å². The highest BCUT2D eigenvalue weighted by molar-refractivity contribution is 5.92. The lowest BCUT2D eigenvalue weighted by Crippen LogP contribution is -2.19. The second-order valence-electron chi connectivity index (χ2n) is 8.12. The standard InChI is InChI=1S/C23H27N3O2/c1-6-15(2)20(27)24-19-13-9-17(10-14-19)22-26-25-21(28-22)16-7-11-18(12-8-16)23(3,4)5/h7-15H,6H2,1-5H3,(H,24,27). The summed E-state index contributed by atoms with van der Waals surface area (Å²) in [5, 5.41) is 11.2. The Morgan fingerprint density at radius 3 is 1.93 bits per heavy atom. The first kappa shape index (κ1) is 19.8. The van der Waals surface area contributed by atoms with E-state index in [4.69, 9.17) is 4.42 Å². The molecule has 0 fully saturated rings. The van der Waals surface area contributed by atoms with E-state index in [9.17, 15) is 4.79 Å². The first-order valence-electron chi connectivity index (χ1n) is 9.63. The minimum atomic E-state index is -0.0113. The molecule has 3 rings (SSSR count). The number of nitrogens with one attached hydrogen (secondary N) is 1. The van der Waals surface area contributed by atoms with Gasteiger partial charge in [-0.2, -0.15) is 0 Å². The van der Waals surface area contributed by atoms with E-state index in [-0.39, 0.29) is 17.2 Å². The fourth-order valence-electron chi connectivity index (χ4n) is 2.72. The number of anilines is 1. The molecule has 1 N–H and O–H groups in total. The summed E-state index contributed by atoms with van der Waals surface area (Å²) in [7, 11) is 0. The number of hydrogen-bond donors (Lipinski definition) is 1. The summed E-state index contributed by atoms with van der Waals surface area (Å²) in [6, 6.07) is 15.6. The Hall–Kier alpha value is -2.95. The molecule has 1 unspecified atom stereocenters. The fourth-order valence-corrected chi connectivity index (χ4v) is 2.72. The third kappa shape index (κ3) is 4.47. The van der Waals surface area contributed by atoms with Crippen molar-refractivity contribution in [1.82, 2.24) is 10.2 Å². The summed E-state index contributed by atoms with van der Waals surface area (Å²) in [6.07, 6.45) is 0.811. The van der Waals surface area contributed by atoms with Gasteiger partial charge in [0.1, 0.15) is 0 Å². The Bertz CT molecular complexity index is 935. The van der Waals surface area contributed by atoms with Crippen LogP contribution in [-0.4, -0.2) is 16.1 Å². The Labute approximate surface area is 166 Å². The Morgan fingerprint density at radius 2 is 1.46 bits per heavy atom. The maximum atomic E-state index is 12.0. The highest BCUT2D eigenvalue weighted by Crippen LogP contribution is 2.28. The van der Waals surface area contributed by atoms with Gasteiger partial charge in [-0.15, -0.1) is 10.2 Å².